The fourth-order valence-electron chi connectivity index (χ4n) is 4.05. The largest absolute Gasteiger partial charge is 0.495 e. The highest BCUT2D eigenvalue weighted by molar-refractivity contribution is 9.10. The molecule has 0 aromatic carbocycles. The van der Waals surface area contributed by atoms with Gasteiger partial charge in [-0.3, -0.25) is 15.0 Å². The molecule has 12 nitrogen and oxygen atoms in total. The predicted molar refractivity (Wildman–Crippen MR) is 144 cm³/mol. The van der Waals surface area contributed by atoms with Gasteiger partial charge in [-0.1, -0.05) is 6.08 Å². The van der Waals surface area contributed by atoms with Crippen LogP contribution in [0.2, 0.25) is 0 Å². The van der Waals surface area contributed by atoms with Crippen LogP contribution in [0.3, 0.4) is 0 Å². The fraction of sp³-hybridized carbons (Fsp3) is 0.440. The molecule has 3 aromatic rings. The van der Waals surface area contributed by atoms with E-state index in [2.05, 4.69) is 46.0 Å². The van der Waals surface area contributed by atoms with Crippen LogP contribution in [0.5, 0.6) is 5.75 Å². The molecule has 0 spiro atoms. The predicted octanol–water partition coefficient (Wildman–Crippen LogP) is 4.55. The second-order valence-corrected chi connectivity index (χ2v) is 10.4. The molecule has 0 atom stereocenters. The van der Waals surface area contributed by atoms with Crippen LogP contribution in [-0.2, 0) is 16.0 Å². The number of carbonyl (C=O) groups is 2. The maximum atomic E-state index is 12.4. The Labute approximate surface area is 228 Å². The van der Waals surface area contributed by atoms with Gasteiger partial charge in [-0.25, -0.2) is 19.6 Å². The molecule has 0 unspecified atom stereocenters. The van der Waals surface area contributed by atoms with Gasteiger partial charge in [0, 0.05) is 19.3 Å². The Morgan fingerprint density at radius 3 is 2.61 bits per heavy atom. The maximum Gasteiger partial charge on any atom is 0.413 e. The molecule has 3 aromatic heterocycles. The van der Waals surface area contributed by atoms with Crippen LogP contribution in [-0.4, -0.2) is 74.7 Å². The summed E-state index contributed by atoms with van der Waals surface area (Å²) < 4.78 is 18.0. The van der Waals surface area contributed by atoms with Crippen LogP contribution in [0.1, 0.15) is 44.1 Å². The number of nitrogens with one attached hydrogen (secondary N) is 1. The number of aryl methyl sites for hydroxylation is 1. The number of anilines is 1. The van der Waals surface area contributed by atoms with Crippen molar-refractivity contribution < 1.29 is 23.8 Å². The van der Waals surface area contributed by atoms with Crippen LogP contribution in [0.4, 0.5) is 15.5 Å². The fourth-order valence-corrected chi connectivity index (χ4v) is 4.51. The number of rotatable bonds is 5. The molecule has 1 aliphatic rings. The third-order valence-corrected chi connectivity index (χ3v) is 6.34. The Morgan fingerprint density at radius 2 is 1.97 bits per heavy atom. The summed E-state index contributed by atoms with van der Waals surface area (Å²) in [4.78, 5) is 39.1. The number of aromatic nitrogens is 5. The topological polar surface area (TPSA) is 134 Å². The third-order valence-electron chi connectivity index (χ3n) is 5.80. The van der Waals surface area contributed by atoms with E-state index in [4.69, 9.17) is 9.47 Å². The van der Waals surface area contributed by atoms with Crippen LogP contribution in [0.25, 0.3) is 16.6 Å². The van der Waals surface area contributed by atoms with Crippen molar-refractivity contribution in [3.05, 3.63) is 39.9 Å². The molecule has 0 bridgehead atoms. The first-order valence-corrected chi connectivity index (χ1v) is 12.7. The number of methoxy groups -OCH3 is 2. The van der Waals surface area contributed by atoms with Crippen molar-refractivity contribution in [1.29, 1.82) is 0 Å². The third kappa shape index (κ3) is 6.04. The van der Waals surface area contributed by atoms with Gasteiger partial charge in [0.1, 0.15) is 28.1 Å². The maximum absolute atomic E-state index is 12.4. The zero-order valence-electron chi connectivity index (χ0n) is 22.2. The lowest BCUT2D eigenvalue weighted by molar-refractivity contribution is 0.0270. The van der Waals surface area contributed by atoms with E-state index in [-0.39, 0.29) is 12.0 Å². The van der Waals surface area contributed by atoms with E-state index >= 15 is 0 Å². The molecule has 13 heteroatoms. The second kappa shape index (κ2) is 10.9. The van der Waals surface area contributed by atoms with Crippen molar-refractivity contribution in [3.63, 3.8) is 0 Å². The zero-order chi connectivity index (χ0) is 27.6. The zero-order valence-corrected chi connectivity index (χ0v) is 23.7. The van der Waals surface area contributed by atoms with Gasteiger partial charge in [0.25, 0.3) is 0 Å². The van der Waals surface area contributed by atoms with Crippen molar-refractivity contribution in [1.82, 2.24) is 29.6 Å². The van der Waals surface area contributed by atoms with Gasteiger partial charge in [-0.15, -0.1) is 0 Å². The van der Waals surface area contributed by atoms with E-state index in [1.807, 2.05) is 32.9 Å². The second-order valence-electron chi connectivity index (χ2n) is 9.67. The summed E-state index contributed by atoms with van der Waals surface area (Å²) in [7, 11) is 2.86. The molecule has 38 heavy (non-hydrogen) atoms. The summed E-state index contributed by atoms with van der Waals surface area (Å²) in [6, 6.07) is 1.94. The van der Waals surface area contributed by atoms with Crippen molar-refractivity contribution in [2.75, 3.05) is 32.6 Å². The number of fused-ring (bicyclic) bond motifs is 1. The molecule has 1 aliphatic heterocycles. The lowest BCUT2D eigenvalue weighted by atomic mass is 10.0. The van der Waals surface area contributed by atoms with E-state index in [0.29, 0.717) is 58.8 Å². The Balaban J connectivity index is 1.55. The molecular weight excluding hydrogens is 558 g/mol. The standard InChI is InChI=1S/C25H30BrN7O5/c1-14-20-19(29-22(28-14)30-23(34)37-6)21(26)31-33(20)13-17-18(36-5)11-16(12-27-17)15-7-9-32(10-8-15)24(35)38-25(2,3)4/h7,11-12H,8-10,13H2,1-6H3,(H,28,29,30,34). The average molecular weight is 588 g/mol. The summed E-state index contributed by atoms with van der Waals surface area (Å²) in [6.45, 7) is 8.71. The summed E-state index contributed by atoms with van der Waals surface area (Å²) in [5.41, 5.74) is 4.02. The molecule has 0 fully saturated rings. The van der Waals surface area contributed by atoms with Crippen molar-refractivity contribution in [3.8, 4) is 5.75 Å². The van der Waals surface area contributed by atoms with Crippen molar-refractivity contribution in [2.24, 2.45) is 0 Å². The number of carbonyl (C=O) groups excluding carboxylic acids is 2. The molecule has 4 heterocycles. The van der Waals surface area contributed by atoms with Gasteiger partial charge in [-0.05, 0) is 67.2 Å². The highest BCUT2D eigenvalue weighted by Crippen LogP contribution is 2.30. The van der Waals surface area contributed by atoms with Gasteiger partial charge < -0.3 is 19.1 Å². The molecular formula is C25H30BrN7O5. The number of halogens is 1. The summed E-state index contributed by atoms with van der Waals surface area (Å²) >= 11 is 3.45. The lowest BCUT2D eigenvalue weighted by Crippen LogP contribution is -2.39. The number of ether oxygens (including phenoxy) is 3. The molecule has 4 rings (SSSR count). The normalized spacial score (nSPS) is 13.8. The van der Waals surface area contributed by atoms with Gasteiger partial charge in [0.15, 0.2) is 4.60 Å². The summed E-state index contributed by atoms with van der Waals surface area (Å²) in [5, 5.41) is 7.03. The highest BCUT2D eigenvalue weighted by atomic mass is 79.9. The van der Waals surface area contributed by atoms with Crippen LogP contribution >= 0.6 is 15.9 Å². The van der Waals surface area contributed by atoms with E-state index in [1.54, 1.807) is 29.8 Å². The Bertz CT molecular complexity index is 1410. The first-order valence-electron chi connectivity index (χ1n) is 11.9. The Kier molecular flexibility index (Phi) is 7.86. The van der Waals surface area contributed by atoms with E-state index in [0.717, 1.165) is 11.1 Å². The van der Waals surface area contributed by atoms with E-state index < -0.39 is 11.7 Å². The average Bonchev–Trinajstić information content (AvgIpc) is 3.18. The van der Waals surface area contributed by atoms with Gasteiger partial charge >= 0.3 is 12.2 Å². The monoisotopic (exact) mass is 587 g/mol. The number of hydrogen-bond acceptors (Lipinski definition) is 9. The SMILES string of the molecule is COC(=O)Nc1nc(C)c2c(n1)c(Br)nn2Cc1ncc(C2=CCN(C(=O)OC(C)(C)C)CC2)cc1OC. The molecule has 0 radical (unpaired) electrons. The summed E-state index contributed by atoms with van der Waals surface area (Å²) in [5.74, 6) is 0.730. The highest BCUT2D eigenvalue weighted by Gasteiger charge is 2.24. The molecule has 2 amide bonds. The van der Waals surface area contributed by atoms with Gasteiger partial charge in [0.2, 0.25) is 5.95 Å². The number of hydrogen-bond donors (Lipinski definition) is 1. The number of pyridine rings is 1. The molecule has 202 valence electrons. The first-order chi connectivity index (χ1) is 18.0. The number of nitrogens with zero attached hydrogens (tertiary/aromatic N) is 6. The van der Waals surface area contributed by atoms with Crippen LogP contribution in [0.15, 0.2) is 22.9 Å². The van der Waals surface area contributed by atoms with Crippen LogP contribution in [0, 0.1) is 6.92 Å². The van der Waals surface area contributed by atoms with Crippen molar-refractivity contribution in [2.45, 2.75) is 46.3 Å². The van der Waals surface area contributed by atoms with Crippen LogP contribution < -0.4 is 10.1 Å². The molecule has 0 saturated carbocycles. The minimum Gasteiger partial charge on any atom is -0.495 e. The van der Waals surface area contributed by atoms with Gasteiger partial charge in [-0.2, -0.15) is 5.10 Å². The molecule has 0 saturated heterocycles. The first kappa shape index (κ1) is 27.3. The van der Waals surface area contributed by atoms with Gasteiger partial charge in [0.05, 0.1) is 26.5 Å². The Hall–Kier alpha value is -3.74. The van der Waals surface area contributed by atoms with E-state index in [1.165, 1.54) is 7.11 Å². The Morgan fingerprint density at radius 1 is 1.21 bits per heavy atom. The lowest BCUT2D eigenvalue weighted by Gasteiger charge is -2.29. The van der Waals surface area contributed by atoms with Crippen molar-refractivity contribution >= 4 is 50.7 Å². The smallest absolute Gasteiger partial charge is 0.413 e. The molecule has 1 N–H and O–H groups in total. The minimum absolute atomic E-state index is 0.119. The summed E-state index contributed by atoms with van der Waals surface area (Å²) in [6.07, 6.45) is 3.52. The van der Waals surface area contributed by atoms with E-state index in [9.17, 15) is 9.59 Å². The quantitative estimate of drug-likeness (QED) is 0.456. The number of amides is 2. The molecule has 0 aliphatic carbocycles. The minimum atomic E-state index is -0.660.